The van der Waals surface area contributed by atoms with Crippen molar-refractivity contribution in [1.29, 1.82) is 0 Å². The topological polar surface area (TPSA) is 58.2 Å². The summed E-state index contributed by atoms with van der Waals surface area (Å²) < 4.78 is 5.55. The molecule has 0 bridgehead atoms. The highest BCUT2D eigenvalue weighted by Crippen LogP contribution is 2.20. The second kappa shape index (κ2) is 7.19. The molecule has 6 heteroatoms. The molecule has 0 spiro atoms. The third kappa shape index (κ3) is 3.76. The lowest BCUT2D eigenvalue weighted by atomic mass is 10.1. The van der Waals surface area contributed by atoms with Gasteiger partial charge in [-0.1, -0.05) is 23.9 Å². The standard InChI is InChI=1S/C17H21N3O2S/c1-3-22-13-6-4-5-12(9-13)10-20-8-7-15-14(11-20)16(21)19-17(18-15)23-2/h4-6,9H,3,7-8,10-11H2,1-2H3,(H,18,19,21). The van der Waals surface area contributed by atoms with E-state index in [-0.39, 0.29) is 5.56 Å². The SMILES string of the molecule is CCOc1cccc(CN2CCc3nc(SC)[nH]c(=O)c3C2)c1. The van der Waals surface area contributed by atoms with Crippen molar-refractivity contribution < 1.29 is 4.74 Å². The average Bonchev–Trinajstić information content (AvgIpc) is 2.56. The predicted molar refractivity (Wildman–Crippen MR) is 92.1 cm³/mol. The zero-order valence-corrected chi connectivity index (χ0v) is 14.3. The summed E-state index contributed by atoms with van der Waals surface area (Å²) in [6, 6.07) is 8.14. The molecule has 1 N–H and O–H groups in total. The third-order valence-corrected chi connectivity index (χ3v) is 4.51. The van der Waals surface area contributed by atoms with Crippen molar-refractivity contribution in [3.8, 4) is 5.75 Å². The van der Waals surface area contributed by atoms with Gasteiger partial charge in [-0.3, -0.25) is 9.69 Å². The van der Waals surface area contributed by atoms with Gasteiger partial charge in [0.2, 0.25) is 0 Å². The van der Waals surface area contributed by atoms with Crippen molar-refractivity contribution >= 4 is 11.8 Å². The van der Waals surface area contributed by atoms with Crippen molar-refractivity contribution in [1.82, 2.24) is 14.9 Å². The summed E-state index contributed by atoms with van der Waals surface area (Å²) in [5.41, 5.74) is 2.93. The summed E-state index contributed by atoms with van der Waals surface area (Å²) >= 11 is 1.47. The lowest BCUT2D eigenvalue weighted by Crippen LogP contribution is -2.35. The molecule has 23 heavy (non-hydrogen) atoms. The van der Waals surface area contributed by atoms with Crippen LogP contribution >= 0.6 is 11.8 Å². The minimum Gasteiger partial charge on any atom is -0.494 e. The minimum absolute atomic E-state index is 0.00730. The van der Waals surface area contributed by atoms with Gasteiger partial charge in [0.05, 0.1) is 17.9 Å². The van der Waals surface area contributed by atoms with Crippen LogP contribution in [0.15, 0.2) is 34.2 Å². The first-order valence-corrected chi connectivity index (χ1v) is 9.02. The van der Waals surface area contributed by atoms with Crippen LogP contribution < -0.4 is 10.3 Å². The van der Waals surface area contributed by atoms with Crippen molar-refractivity contribution in [3.63, 3.8) is 0 Å². The molecule has 3 rings (SSSR count). The summed E-state index contributed by atoms with van der Waals surface area (Å²) in [6.07, 6.45) is 2.74. The summed E-state index contributed by atoms with van der Waals surface area (Å²) in [6.45, 7) is 5.02. The van der Waals surface area contributed by atoms with Gasteiger partial charge in [-0.05, 0) is 30.9 Å². The monoisotopic (exact) mass is 331 g/mol. The van der Waals surface area contributed by atoms with Gasteiger partial charge < -0.3 is 9.72 Å². The Bertz CT molecular complexity index is 745. The van der Waals surface area contributed by atoms with Crippen LogP contribution in [-0.4, -0.2) is 34.3 Å². The Morgan fingerprint density at radius 1 is 1.43 bits per heavy atom. The molecule has 1 aromatic carbocycles. The number of thioether (sulfide) groups is 1. The quantitative estimate of drug-likeness (QED) is 0.674. The number of aromatic amines is 1. The number of hydrogen-bond donors (Lipinski definition) is 1. The molecular weight excluding hydrogens is 310 g/mol. The lowest BCUT2D eigenvalue weighted by Gasteiger charge is -2.27. The lowest BCUT2D eigenvalue weighted by molar-refractivity contribution is 0.240. The molecule has 2 aromatic rings. The summed E-state index contributed by atoms with van der Waals surface area (Å²) in [7, 11) is 0. The number of nitrogens with one attached hydrogen (secondary N) is 1. The van der Waals surface area contributed by atoms with Crippen LogP contribution in [0.5, 0.6) is 5.75 Å². The van der Waals surface area contributed by atoms with Crippen LogP contribution in [0.4, 0.5) is 0 Å². The maximum atomic E-state index is 12.2. The van der Waals surface area contributed by atoms with Gasteiger partial charge in [-0.15, -0.1) is 0 Å². The number of hydrogen-bond acceptors (Lipinski definition) is 5. The first-order valence-electron chi connectivity index (χ1n) is 7.79. The average molecular weight is 331 g/mol. The zero-order valence-electron chi connectivity index (χ0n) is 13.5. The van der Waals surface area contributed by atoms with Gasteiger partial charge in [0.1, 0.15) is 5.75 Å². The number of fused-ring (bicyclic) bond motifs is 1. The predicted octanol–water partition coefficient (Wildman–Crippen LogP) is 2.45. The summed E-state index contributed by atoms with van der Waals surface area (Å²) in [4.78, 5) is 21.9. The number of nitrogens with zero attached hydrogens (tertiary/aromatic N) is 2. The Morgan fingerprint density at radius 2 is 2.30 bits per heavy atom. The third-order valence-electron chi connectivity index (χ3n) is 3.93. The molecule has 0 unspecified atom stereocenters. The normalized spacial score (nSPS) is 14.5. The summed E-state index contributed by atoms with van der Waals surface area (Å²) in [5, 5.41) is 0.701. The first-order chi connectivity index (χ1) is 11.2. The Kier molecular flexibility index (Phi) is 5.03. The Morgan fingerprint density at radius 3 is 3.09 bits per heavy atom. The maximum Gasteiger partial charge on any atom is 0.256 e. The second-order valence-corrected chi connectivity index (χ2v) is 6.34. The van der Waals surface area contributed by atoms with E-state index >= 15 is 0 Å². The van der Waals surface area contributed by atoms with Gasteiger partial charge in [0, 0.05) is 26.1 Å². The molecular formula is C17H21N3O2S. The van der Waals surface area contributed by atoms with E-state index < -0.39 is 0 Å². The highest BCUT2D eigenvalue weighted by Gasteiger charge is 2.21. The van der Waals surface area contributed by atoms with Gasteiger partial charge in [0.25, 0.3) is 5.56 Å². The van der Waals surface area contributed by atoms with Crippen molar-refractivity contribution in [2.24, 2.45) is 0 Å². The summed E-state index contributed by atoms with van der Waals surface area (Å²) in [5.74, 6) is 0.895. The van der Waals surface area contributed by atoms with Crippen LogP contribution in [0.2, 0.25) is 0 Å². The van der Waals surface area contributed by atoms with Gasteiger partial charge in [-0.2, -0.15) is 0 Å². The Balaban J connectivity index is 1.75. The fourth-order valence-corrected chi connectivity index (χ4v) is 3.24. The fourth-order valence-electron chi connectivity index (χ4n) is 2.85. The largest absolute Gasteiger partial charge is 0.494 e. The van der Waals surface area contributed by atoms with Gasteiger partial charge in [0.15, 0.2) is 5.16 Å². The molecule has 0 fully saturated rings. The molecule has 1 aliphatic rings. The van der Waals surface area contributed by atoms with E-state index in [1.165, 1.54) is 17.3 Å². The molecule has 2 heterocycles. The first kappa shape index (κ1) is 16.1. The molecule has 0 amide bonds. The number of H-pyrrole nitrogens is 1. The highest BCUT2D eigenvalue weighted by atomic mass is 32.2. The van der Waals surface area contributed by atoms with E-state index in [4.69, 9.17) is 4.74 Å². The Hall–Kier alpha value is -1.79. The van der Waals surface area contributed by atoms with Crippen LogP contribution in [0.3, 0.4) is 0 Å². The Labute approximate surface area is 140 Å². The van der Waals surface area contributed by atoms with Crippen LogP contribution in [0.1, 0.15) is 23.7 Å². The van der Waals surface area contributed by atoms with Crippen molar-refractivity contribution in [3.05, 3.63) is 51.4 Å². The number of rotatable bonds is 5. The zero-order chi connectivity index (χ0) is 16.2. The fraction of sp³-hybridized carbons (Fsp3) is 0.412. The van der Waals surface area contributed by atoms with E-state index in [9.17, 15) is 4.79 Å². The van der Waals surface area contributed by atoms with Crippen LogP contribution in [0, 0.1) is 0 Å². The number of benzene rings is 1. The minimum atomic E-state index is -0.00730. The molecule has 0 radical (unpaired) electrons. The van der Waals surface area contributed by atoms with Crippen molar-refractivity contribution in [2.75, 3.05) is 19.4 Å². The van der Waals surface area contributed by atoms with E-state index in [1.54, 1.807) is 0 Å². The van der Waals surface area contributed by atoms with E-state index in [1.807, 2.05) is 25.3 Å². The molecule has 0 aliphatic carbocycles. The molecule has 1 aromatic heterocycles. The van der Waals surface area contributed by atoms with E-state index in [2.05, 4.69) is 27.0 Å². The van der Waals surface area contributed by atoms with Crippen LogP contribution in [0.25, 0.3) is 0 Å². The molecule has 0 saturated carbocycles. The molecule has 0 atom stereocenters. The van der Waals surface area contributed by atoms with Crippen LogP contribution in [-0.2, 0) is 19.5 Å². The molecule has 5 nitrogen and oxygen atoms in total. The highest BCUT2D eigenvalue weighted by molar-refractivity contribution is 7.98. The number of aromatic nitrogens is 2. The smallest absolute Gasteiger partial charge is 0.256 e. The molecule has 1 aliphatic heterocycles. The number of ether oxygens (including phenoxy) is 1. The van der Waals surface area contributed by atoms with E-state index in [0.29, 0.717) is 18.3 Å². The second-order valence-electron chi connectivity index (χ2n) is 5.54. The van der Waals surface area contributed by atoms with Gasteiger partial charge >= 0.3 is 0 Å². The molecule has 122 valence electrons. The van der Waals surface area contributed by atoms with Crippen molar-refractivity contribution in [2.45, 2.75) is 31.6 Å². The van der Waals surface area contributed by atoms with Gasteiger partial charge in [-0.25, -0.2) is 4.98 Å². The molecule has 0 saturated heterocycles. The van der Waals surface area contributed by atoms with E-state index in [0.717, 1.165) is 36.5 Å². The maximum absolute atomic E-state index is 12.2.